The van der Waals surface area contributed by atoms with Gasteiger partial charge in [-0.3, -0.25) is 4.79 Å². The number of aromatic nitrogens is 1. The Bertz CT molecular complexity index is 870. The molecule has 3 rings (SSSR count). The highest BCUT2D eigenvalue weighted by molar-refractivity contribution is 5.95. The number of nitrogens with zero attached hydrogens (tertiary/aromatic N) is 3. The van der Waals surface area contributed by atoms with Gasteiger partial charge in [-0.1, -0.05) is 0 Å². The van der Waals surface area contributed by atoms with Gasteiger partial charge in [0.15, 0.2) is 11.6 Å². The van der Waals surface area contributed by atoms with Gasteiger partial charge in [0.25, 0.3) is 5.91 Å². The Hall–Kier alpha value is -3.23. The molecule has 1 aromatic carbocycles. The number of pyridine rings is 1. The summed E-state index contributed by atoms with van der Waals surface area (Å²) in [5.41, 5.74) is 0.726. The van der Waals surface area contributed by atoms with E-state index in [1.165, 1.54) is 12.3 Å². The normalized spacial score (nSPS) is 14.0. The number of hydrogen-bond donors (Lipinski definition) is 1. The van der Waals surface area contributed by atoms with Gasteiger partial charge in [-0.15, -0.1) is 0 Å². The van der Waals surface area contributed by atoms with Gasteiger partial charge >= 0.3 is 6.09 Å². The Labute approximate surface area is 160 Å². The van der Waals surface area contributed by atoms with E-state index in [1.807, 2.05) is 0 Å². The Kier molecular flexibility index (Phi) is 6.03. The van der Waals surface area contributed by atoms with Crippen LogP contribution in [0.15, 0.2) is 36.5 Å². The number of piperazine rings is 1. The zero-order chi connectivity index (χ0) is 20.1. The van der Waals surface area contributed by atoms with Crippen LogP contribution in [-0.4, -0.2) is 59.6 Å². The molecule has 2 amide bonds. The number of rotatable bonds is 4. The van der Waals surface area contributed by atoms with Crippen molar-refractivity contribution in [2.45, 2.75) is 6.92 Å². The minimum absolute atomic E-state index is 0.195. The van der Waals surface area contributed by atoms with Crippen LogP contribution in [0.1, 0.15) is 17.3 Å². The molecule has 2 aromatic rings. The molecular weight excluding hydrogens is 370 g/mol. The van der Waals surface area contributed by atoms with Gasteiger partial charge in [0.1, 0.15) is 5.82 Å². The third kappa shape index (κ3) is 4.54. The van der Waals surface area contributed by atoms with Crippen LogP contribution in [0.5, 0.6) is 0 Å². The molecule has 0 atom stereocenters. The zero-order valence-corrected chi connectivity index (χ0v) is 15.3. The summed E-state index contributed by atoms with van der Waals surface area (Å²) in [5.74, 6) is -1.78. The van der Waals surface area contributed by atoms with Crippen LogP contribution in [0.25, 0.3) is 0 Å². The van der Waals surface area contributed by atoms with Gasteiger partial charge in [0, 0.05) is 49.7 Å². The van der Waals surface area contributed by atoms with E-state index < -0.39 is 11.6 Å². The first kappa shape index (κ1) is 19.5. The first-order valence-electron chi connectivity index (χ1n) is 8.87. The van der Waals surface area contributed by atoms with E-state index in [0.717, 1.165) is 12.1 Å². The average molecular weight is 390 g/mol. The summed E-state index contributed by atoms with van der Waals surface area (Å²) in [4.78, 5) is 31.8. The molecule has 1 aliphatic heterocycles. The topological polar surface area (TPSA) is 74.8 Å². The highest BCUT2D eigenvalue weighted by atomic mass is 19.2. The van der Waals surface area contributed by atoms with Gasteiger partial charge in [-0.2, -0.15) is 0 Å². The fourth-order valence-corrected chi connectivity index (χ4v) is 2.84. The molecule has 28 heavy (non-hydrogen) atoms. The zero-order valence-electron chi connectivity index (χ0n) is 15.3. The number of halogens is 2. The Balaban J connectivity index is 1.64. The highest BCUT2D eigenvalue weighted by Crippen LogP contribution is 2.19. The number of benzene rings is 1. The summed E-state index contributed by atoms with van der Waals surface area (Å²) in [6.45, 7) is 3.64. The molecule has 2 heterocycles. The van der Waals surface area contributed by atoms with Crippen molar-refractivity contribution in [1.82, 2.24) is 14.8 Å². The van der Waals surface area contributed by atoms with Crippen molar-refractivity contribution in [3.05, 3.63) is 53.7 Å². The lowest BCUT2D eigenvalue weighted by atomic mass is 10.2. The van der Waals surface area contributed by atoms with Gasteiger partial charge in [0.2, 0.25) is 0 Å². The molecule has 1 fully saturated rings. The maximum atomic E-state index is 13.3. The lowest BCUT2D eigenvalue weighted by Gasteiger charge is -2.34. The van der Waals surface area contributed by atoms with Crippen LogP contribution >= 0.6 is 0 Å². The van der Waals surface area contributed by atoms with Crippen molar-refractivity contribution in [2.75, 3.05) is 38.1 Å². The second-order valence-corrected chi connectivity index (χ2v) is 6.16. The third-order valence-corrected chi connectivity index (χ3v) is 4.29. The van der Waals surface area contributed by atoms with E-state index in [9.17, 15) is 18.4 Å². The van der Waals surface area contributed by atoms with E-state index in [0.29, 0.717) is 49.9 Å². The van der Waals surface area contributed by atoms with Crippen LogP contribution in [0, 0.1) is 11.6 Å². The van der Waals surface area contributed by atoms with Crippen LogP contribution in [0.3, 0.4) is 0 Å². The molecule has 1 N–H and O–H groups in total. The maximum Gasteiger partial charge on any atom is 0.409 e. The minimum Gasteiger partial charge on any atom is -0.450 e. The van der Waals surface area contributed by atoms with Crippen LogP contribution in [-0.2, 0) is 4.74 Å². The number of carbonyl (C=O) groups excluding carboxylic acids is 2. The largest absolute Gasteiger partial charge is 0.450 e. The first-order chi connectivity index (χ1) is 13.5. The van der Waals surface area contributed by atoms with E-state index in [2.05, 4.69) is 10.3 Å². The van der Waals surface area contributed by atoms with Gasteiger partial charge in [-0.25, -0.2) is 18.6 Å². The second kappa shape index (κ2) is 8.64. The number of ether oxygens (including phenoxy) is 1. The fraction of sp³-hybridized carbons (Fsp3) is 0.316. The minimum atomic E-state index is -0.975. The quantitative estimate of drug-likeness (QED) is 0.869. The molecule has 1 aliphatic rings. The fourth-order valence-electron chi connectivity index (χ4n) is 2.84. The Morgan fingerprint density at radius 1 is 1.07 bits per heavy atom. The molecule has 1 saturated heterocycles. The molecule has 148 valence electrons. The molecular formula is C19H20F2N4O3. The highest BCUT2D eigenvalue weighted by Gasteiger charge is 2.25. The molecule has 0 spiro atoms. The van der Waals surface area contributed by atoms with E-state index in [1.54, 1.807) is 28.9 Å². The Morgan fingerprint density at radius 2 is 1.79 bits per heavy atom. The summed E-state index contributed by atoms with van der Waals surface area (Å²) in [5, 5.41) is 2.85. The van der Waals surface area contributed by atoms with Crippen LogP contribution in [0.4, 0.5) is 25.1 Å². The third-order valence-electron chi connectivity index (χ3n) is 4.29. The number of hydrogen-bond acceptors (Lipinski definition) is 5. The number of nitrogens with one attached hydrogen (secondary N) is 1. The van der Waals surface area contributed by atoms with Gasteiger partial charge in [0.05, 0.1) is 6.61 Å². The molecule has 0 saturated carbocycles. The van der Waals surface area contributed by atoms with Crippen molar-refractivity contribution in [3.8, 4) is 0 Å². The SMILES string of the molecule is CCOC(=O)N1CCN(C(=O)c2ccnc(Nc3ccc(F)c(F)c3)c2)CC1. The lowest BCUT2D eigenvalue weighted by Crippen LogP contribution is -2.50. The molecule has 7 nitrogen and oxygen atoms in total. The summed E-state index contributed by atoms with van der Waals surface area (Å²) in [6, 6.07) is 6.52. The summed E-state index contributed by atoms with van der Waals surface area (Å²) in [6.07, 6.45) is 1.08. The molecule has 1 aromatic heterocycles. The number of carbonyl (C=O) groups is 2. The second-order valence-electron chi connectivity index (χ2n) is 6.16. The van der Waals surface area contributed by atoms with Crippen molar-refractivity contribution in [1.29, 1.82) is 0 Å². The van der Waals surface area contributed by atoms with Crippen molar-refractivity contribution >= 4 is 23.5 Å². The van der Waals surface area contributed by atoms with Gasteiger partial charge in [-0.05, 0) is 31.2 Å². The standard InChI is InChI=1S/C19H20F2N4O3/c1-2-28-19(27)25-9-7-24(8-10-25)18(26)13-5-6-22-17(11-13)23-14-3-4-15(20)16(21)12-14/h3-6,11-12H,2,7-10H2,1H3,(H,22,23). The van der Waals surface area contributed by atoms with E-state index in [-0.39, 0.29) is 12.0 Å². The maximum absolute atomic E-state index is 13.3. The van der Waals surface area contributed by atoms with Crippen molar-refractivity contribution in [2.24, 2.45) is 0 Å². The van der Waals surface area contributed by atoms with Crippen LogP contribution in [0.2, 0.25) is 0 Å². The van der Waals surface area contributed by atoms with Crippen molar-refractivity contribution < 1.29 is 23.1 Å². The molecule has 0 aliphatic carbocycles. The summed E-state index contributed by atoms with van der Waals surface area (Å²) in [7, 11) is 0. The lowest BCUT2D eigenvalue weighted by molar-refractivity contribution is 0.0570. The summed E-state index contributed by atoms with van der Waals surface area (Å²) < 4.78 is 31.3. The van der Waals surface area contributed by atoms with Crippen molar-refractivity contribution in [3.63, 3.8) is 0 Å². The monoisotopic (exact) mass is 390 g/mol. The Morgan fingerprint density at radius 3 is 2.46 bits per heavy atom. The molecule has 9 heteroatoms. The first-order valence-corrected chi connectivity index (χ1v) is 8.87. The number of amides is 2. The molecule has 0 unspecified atom stereocenters. The predicted octanol–water partition coefficient (Wildman–Crippen LogP) is 3.02. The van der Waals surface area contributed by atoms with Crippen LogP contribution < -0.4 is 5.32 Å². The predicted molar refractivity (Wildman–Crippen MR) is 98.4 cm³/mol. The molecule has 0 bridgehead atoms. The van der Waals surface area contributed by atoms with Gasteiger partial charge < -0.3 is 19.9 Å². The van der Waals surface area contributed by atoms with E-state index in [4.69, 9.17) is 4.74 Å². The average Bonchev–Trinajstić information content (AvgIpc) is 2.71. The van der Waals surface area contributed by atoms with E-state index >= 15 is 0 Å². The summed E-state index contributed by atoms with van der Waals surface area (Å²) >= 11 is 0. The molecule has 0 radical (unpaired) electrons. The smallest absolute Gasteiger partial charge is 0.409 e. The number of anilines is 2.